The van der Waals surface area contributed by atoms with E-state index >= 15 is 0 Å². The van der Waals surface area contributed by atoms with Crippen LogP contribution in [0.5, 0.6) is 0 Å². The molecule has 7 aliphatic rings. The Bertz CT molecular complexity index is 2510. The van der Waals surface area contributed by atoms with Gasteiger partial charge in [0.1, 0.15) is 6.54 Å². The van der Waals surface area contributed by atoms with E-state index in [1.807, 2.05) is 31.3 Å². The van der Waals surface area contributed by atoms with E-state index in [-0.39, 0.29) is 5.41 Å². The normalized spacial score (nSPS) is 23.0. The van der Waals surface area contributed by atoms with Crippen LogP contribution in [0.1, 0.15) is 167 Å². The van der Waals surface area contributed by atoms with Crippen LogP contribution in [0.3, 0.4) is 0 Å². The molecule has 12 nitrogen and oxygen atoms in total. The number of pyridine rings is 1. The number of alkyl halides is 3. The molecule has 6 unspecified atom stereocenters. The van der Waals surface area contributed by atoms with Gasteiger partial charge in [-0.3, -0.25) is 19.7 Å². The summed E-state index contributed by atoms with van der Waals surface area (Å²) in [4.78, 5) is 19.6. The number of fused-ring (bicyclic) bond motifs is 1. The fourth-order valence-corrected chi connectivity index (χ4v) is 14.1. The zero-order chi connectivity index (χ0) is 60.6. The van der Waals surface area contributed by atoms with Gasteiger partial charge >= 0.3 is 6.18 Å². The molecule has 84 heavy (non-hydrogen) atoms. The van der Waals surface area contributed by atoms with Crippen LogP contribution in [0.15, 0.2) is 80.8 Å². The Labute approximate surface area is 506 Å². The zero-order valence-corrected chi connectivity index (χ0v) is 53.4. The number of likely N-dealkylation sites (tertiary alicyclic amines) is 1. The molecule has 15 heteroatoms. The van der Waals surface area contributed by atoms with Gasteiger partial charge in [-0.2, -0.15) is 13.2 Å². The van der Waals surface area contributed by atoms with E-state index < -0.39 is 18.8 Å². The Morgan fingerprint density at radius 1 is 0.869 bits per heavy atom. The highest BCUT2D eigenvalue weighted by Crippen LogP contribution is 2.47. The molecule has 6 N–H and O–H groups in total. The second kappa shape index (κ2) is 32.0. The van der Waals surface area contributed by atoms with Gasteiger partial charge in [0.05, 0.1) is 29.3 Å². The van der Waals surface area contributed by atoms with E-state index in [0.29, 0.717) is 34.9 Å². The van der Waals surface area contributed by atoms with Crippen molar-refractivity contribution in [2.75, 3.05) is 95.9 Å². The lowest BCUT2D eigenvalue weighted by molar-refractivity contribution is -0.139. The maximum atomic E-state index is 14.5. The molecule has 6 heterocycles. The number of unbranched alkanes of at least 4 members (excludes halogenated alkanes) is 3. The van der Waals surface area contributed by atoms with Gasteiger partial charge in [0.15, 0.2) is 0 Å². The third-order valence-corrected chi connectivity index (χ3v) is 19.2. The van der Waals surface area contributed by atoms with Gasteiger partial charge in [0.25, 0.3) is 0 Å². The molecular weight excluding hydrogens is 1050 g/mol. The van der Waals surface area contributed by atoms with Crippen LogP contribution in [-0.2, 0) is 13.0 Å². The molecule has 1 aromatic carbocycles. The number of piperazine rings is 1. The van der Waals surface area contributed by atoms with Crippen molar-refractivity contribution >= 4 is 22.3 Å². The highest BCUT2D eigenvalue weighted by Gasteiger charge is 2.51. The average Bonchev–Trinajstić information content (AvgIpc) is 2.91. The Hall–Kier alpha value is -4.38. The summed E-state index contributed by atoms with van der Waals surface area (Å²) >= 11 is 0. The highest BCUT2D eigenvalue weighted by molar-refractivity contribution is 5.95. The Morgan fingerprint density at radius 3 is 2.15 bits per heavy atom. The van der Waals surface area contributed by atoms with Crippen molar-refractivity contribution in [1.29, 1.82) is 0 Å². The lowest BCUT2D eigenvalue weighted by Gasteiger charge is -2.36. The second-order valence-corrected chi connectivity index (χ2v) is 26.7. The summed E-state index contributed by atoms with van der Waals surface area (Å²) in [7, 11) is 4.41. The molecule has 3 aromatic rings. The third-order valence-electron chi connectivity index (χ3n) is 19.2. The summed E-state index contributed by atoms with van der Waals surface area (Å²) in [6, 6.07) is 10.5. The first-order valence-electron chi connectivity index (χ1n) is 32.9. The number of hydrazine groups is 1. The number of nitrogens with zero attached hydrogens (tertiary/aromatic N) is 8. The quantitative estimate of drug-likeness (QED) is 0.0267. The summed E-state index contributed by atoms with van der Waals surface area (Å²) < 4.78 is 45.0. The minimum atomic E-state index is -4.40. The number of hydrogen-bond donors (Lipinski definition) is 4. The van der Waals surface area contributed by atoms with Crippen LogP contribution in [-0.4, -0.2) is 146 Å². The summed E-state index contributed by atoms with van der Waals surface area (Å²) in [5.74, 6) is 2.60. The maximum absolute atomic E-state index is 14.5. The van der Waals surface area contributed by atoms with Crippen molar-refractivity contribution in [1.82, 2.24) is 40.0 Å². The number of benzene rings is 1. The zero-order valence-electron chi connectivity index (χ0n) is 53.4. The fraction of sp³-hybridized carbons (Fsp3) is 0.696. The summed E-state index contributed by atoms with van der Waals surface area (Å²) in [6.45, 7) is 36.5. The standard InChI is InChI=1S/C37H51F3N6.C16H31N3.C8H18N2.C8H13N/c1-5-6-14-36(3,4)23-32-30-21-28(43-15-8-7-9-16-43)12-13-33(30)46(25-37(38,39)40)35(32)31-22-29(24-42-34(31)26(2)41)45-19-17-44(18-20-45)27-10-11-27;1-4-18(3)11-14-9-10-19(12-14)16(13(2)17)15-7-5-6-8-15;1-3-5-6-7-8-10-9-4-2;1-3-7-8(9(7)2)6-4-5-6/h5,12-13,21-22,24,26-27H,1,6-11,14-20,23,25,41H2,2-4H3;14-16H,2,4-12,17H2,1,3H3;4,9-10H,2-3,5-8H2,1H3;3,6-8H,1,4-5H2,2H3. The predicted octanol–water partition coefficient (Wildman–Crippen LogP) is 13.5. The highest BCUT2D eigenvalue weighted by atomic mass is 19.4. The molecule has 470 valence electrons. The number of nitrogens with one attached hydrogen (secondary N) is 2. The van der Waals surface area contributed by atoms with Gasteiger partial charge in [-0.05, 0) is 177 Å². The number of hydrogen-bond acceptors (Lipinski definition) is 11. The van der Waals surface area contributed by atoms with Crippen molar-refractivity contribution in [2.45, 2.75) is 200 Å². The smallest absolute Gasteiger partial charge is 0.401 e. The van der Waals surface area contributed by atoms with Crippen LogP contribution < -0.4 is 32.1 Å². The van der Waals surface area contributed by atoms with Gasteiger partial charge in [-0.25, -0.2) is 5.43 Å². The van der Waals surface area contributed by atoms with Crippen LogP contribution in [0.2, 0.25) is 0 Å². The van der Waals surface area contributed by atoms with E-state index in [0.717, 1.165) is 142 Å². The molecule has 6 atom stereocenters. The molecule has 3 saturated carbocycles. The van der Waals surface area contributed by atoms with Gasteiger partial charge in [0.2, 0.25) is 0 Å². The first kappa shape index (κ1) is 67.1. The predicted molar refractivity (Wildman–Crippen MR) is 349 cm³/mol. The molecule has 2 aromatic heterocycles. The van der Waals surface area contributed by atoms with Crippen LogP contribution in [0, 0.1) is 23.2 Å². The number of allylic oxidation sites excluding steroid dienone is 1. The molecule has 4 saturated heterocycles. The van der Waals surface area contributed by atoms with Crippen molar-refractivity contribution in [3.05, 3.63) is 92.1 Å². The molecule has 0 spiro atoms. The Morgan fingerprint density at radius 2 is 1.57 bits per heavy atom. The van der Waals surface area contributed by atoms with E-state index in [9.17, 15) is 13.2 Å². The molecule has 0 bridgehead atoms. The van der Waals surface area contributed by atoms with E-state index in [2.05, 4.69) is 127 Å². The number of piperidine rings is 1. The lowest BCUT2D eigenvalue weighted by Crippen LogP contribution is -2.47. The van der Waals surface area contributed by atoms with Gasteiger partial charge in [0, 0.05) is 117 Å². The number of nitrogens with two attached hydrogens (primary N) is 2. The summed E-state index contributed by atoms with van der Waals surface area (Å²) in [6.07, 6.45) is 26.4. The number of aromatic nitrogens is 2. The molecular formula is C69H113F3N12. The molecule has 0 radical (unpaired) electrons. The van der Waals surface area contributed by atoms with Crippen molar-refractivity contribution in [3.63, 3.8) is 0 Å². The molecule has 10 rings (SSSR count). The first-order chi connectivity index (χ1) is 40.3. The number of rotatable bonds is 26. The Kier molecular flexibility index (Phi) is 25.6. The van der Waals surface area contributed by atoms with Gasteiger partial charge in [-0.1, -0.05) is 85.1 Å². The largest absolute Gasteiger partial charge is 0.406 e. The van der Waals surface area contributed by atoms with Crippen LogP contribution in [0.25, 0.3) is 22.2 Å². The van der Waals surface area contributed by atoms with Crippen molar-refractivity contribution in [2.24, 2.45) is 34.6 Å². The molecule has 7 fully saturated rings. The van der Waals surface area contributed by atoms with Crippen LogP contribution in [0.4, 0.5) is 24.5 Å². The number of anilines is 2. The topological polar surface area (TPSA) is 113 Å². The summed E-state index contributed by atoms with van der Waals surface area (Å²) in [5.41, 5.74) is 24.8. The minimum Gasteiger partial charge on any atom is -0.401 e. The van der Waals surface area contributed by atoms with Gasteiger partial charge < -0.3 is 36.2 Å². The minimum absolute atomic E-state index is 0.167. The SMILES string of the molecule is C=C(N)C(C1CCCC1)N1CCC(CN(C)CC)C1.C=CC1C(C2CC2)N1C.C=CCCC(C)(C)Cc1c(-c2cc(N3CCN(C4CC4)CC3)cnc2C(C)N)n(CC(F)(F)F)c2ccc(N3CCCCC3)cc12.C=CNNCCCCCC. The van der Waals surface area contributed by atoms with Gasteiger partial charge in [-0.15, -0.1) is 13.2 Å². The monoisotopic (exact) mass is 1170 g/mol. The molecule has 0 amide bonds. The van der Waals surface area contributed by atoms with Crippen LogP contribution >= 0.6 is 0 Å². The lowest BCUT2D eigenvalue weighted by atomic mass is 9.80. The average molecular weight is 1170 g/mol. The second-order valence-electron chi connectivity index (χ2n) is 26.7. The third kappa shape index (κ3) is 19.3. The van der Waals surface area contributed by atoms with Crippen molar-refractivity contribution in [3.8, 4) is 11.3 Å². The molecule has 3 aliphatic carbocycles. The Balaban J connectivity index is 0.000000214. The van der Waals surface area contributed by atoms with E-state index in [1.54, 1.807) is 6.20 Å². The number of likely N-dealkylation sites (N-methyl/N-ethyl adjacent to an activating group) is 1. The van der Waals surface area contributed by atoms with E-state index in [1.165, 1.54) is 114 Å². The van der Waals surface area contributed by atoms with E-state index in [4.69, 9.17) is 16.5 Å². The maximum Gasteiger partial charge on any atom is 0.406 e. The first-order valence-corrected chi connectivity index (χ1v) is 32.9. The summed E-state index contributed by atoms with van der Waals surface area (Å²) in [5, 5.41) is 0.896. The molecule has 4 aliphatic heterocycles. The number of halogens is 3. The fourth-order valence-electron chi connectivity index (χ4n) is 14.1. The van der Waals surface area contributed by atoms with Crippen molar-refractivity contribution < 1.29 is 13.2 Å².